The van der Waals surface area contributed by atoms with Crippen molar-refractivity contribution in [2.75, 3.05) is 13.2 Å². The molecule has 0 atom stereocenters. The summed E-state index contributed by atoms with van der Waals surface area (Å²) in [6.45, 7) is 0.821. The van der Waals surface area contributed by atoms with E-state index in [0.29, 0.717) is 18.8 Å². The van der Waals surface area contributed by atoms with E-state index in [0.717, 1.165) is 0 Å². The van der Waals surface area contributed by atoms with E-state index in [9.17, 15) is 4.39 Å². The fraction of sp³-hybridized carbons (Fsp3) is 0.333. The van der Waals surface area contributed by atoms with Crippen LogP contribution in [0.4, 0.5) is 4.39 Å². The number of nitrogens with two attached hydrogens (primary N) is 1. The van der Waals surface area contributed by atoms with Gasteiger partial charge in [0.25, 0.3) is 0 Å². The van der Waals surface area contributed by atoms with Crippen molar-refractivity contribution in [2.45, 2.75) is 5.54 Å². The van der Waals surface area contributed by atoms with Gasteiger partial charge in [0.05, 0.1) is 18.8 Å². The molecule has 1 fully saturated rings. The molecule has 1 aromatic rings. The van der Waals surface area contributed by atoms with E-state index >= 15 is 0 Å². The first-order valence-corrected chi connectivity index (χ1v) is 3.84. The molecule has 0 spiro atoms. The monoisotopic (exact) mass is 203 g/mol. The fourth-order valence-electron chi connectivity index (χ4n) is 1.34. The summed E-state index contributed by atoms with van der Waals surface area (Å²) in [7, 11) is 0. The average molecular weight is 204 g/mol. The van der Waals surface area contributed by atoms with E-state index in [4.69, 9.17) is 10.5 Å². The quantitative estimate of drug-likeness (QED) is 0.750. The Kier molecular flexibility index (Phi) is 2.91. The number of benzene rings is 1. The summed E-state index contributed by atoms with van der Waals surface area (Å²) in [6, 6.07) is 6.56. The van der Waals surface area contributed by atoms with Gasteiger partial charge in [-0.15, -0.1) is 12.4 Å². The summed E-state index contributed by atoms with van der Waals surface area (Å²) >= 11 is 0. The van der Waals surface area contributed by atoms with Gasteiger partial charge in [-0.25, -0.2) is 4.39 Å². The Balaban J connectivity index is 0.000000845. The Hall–Kier alpha value is -0.640. The largest absolute Gasteiger partial charge is 0.377 e. The highest BCUT2D eigenvalue weighted by molar-refractivity contribution is 5.85. The molecule has 2 rings (SSSR count). The summed E-state index contributed by atoms with van der Waals surface area (Å²) in [5, 5.41) is 0. The number of hydrogen-bond donors (Lipinski definition) is 1. The normalized spacial score (nSPS) is 18.6. The Morgan fingerprint density at radius 2 is 1.92 bits per heavy atom. The summed E-state index contributed by atoms with van der Waals surface area (Å²) < 4.78 is 18.1. The van der Waals surface area contributed by atoms with Crippen molar-refractivity contribution in [3.05, 3.63) is 35.6 Å². The molecule has 13 heavy (non-hydrogen) atoms. The second kappa shape index (κ2) is 3.62. The molecule has 0 radical (unpaired) electrons. The number of ether oxygens (including phenoxy) is 1. The fourth-order valence-corrected chi connectivity index (χ4v) is 1.34. The zero-order valence-corrected chi connectivity index (χ0v) is 7.81. The molecule has 1 aliphatic rings. The van der Waals surface area contributed by atoms with Crippen LogP contribution in [0.25, 0.3) is 0 Å². The van der Waals surface area contributed by atoms with Crippen LogP contribution in [-0.4, -0.2) is 13.2 Å². The standard InChI is InChI=1S/C9H10FNO.ClH/c10-8-4-2-1-3-7(8)9(11)5-12-6-9;/h1-4H,5-6,11H2;1H. The van der Waals surface area contributed by atoms with Gasteiger partial charge in [-0.1, -0.05) is 18.2 Å². The second-order valence-corrected chi connectivity index (χ2v) is 3.13. The van der Waals surface area contributed by atoms with Crippen LogP contribution in [0.2, 0.25) is 0 Å². The van der Waals surface area contributed by atoms with E-state index in [2.05, 4.69) is 0 Å². The second-order valence-electron chi connectivity index (χ2n) is 3.13. The third-order valence-corrected chi connectivity index (χ3v) is 2.13. The molecule has 0 amide bonds. The van der Waals surface area contributed by atoms with Gasteiger partial charge in [-0.3, -0.25) is 0 Å². The summed E-state index contributed by atoms with van der Waals surface area (Å²) in [6.07, 6.45) is 0. The van der Waals surface area contributed by atoms with Crippen LogP contribution in [0.1, 0.15) is 5.56 Å². The molecule has 1 aliphatic heterocycles. The van der Waals surface area contributed by atoms with Crippen LogP contribution in [0.3, 0.4) is 0 Å². The molecule has 1 saturated heterocycles. The molecule has 0 bridgehead atoms. The van der Waals surface area contributed by atoms with Gasteiger partial charge in [-0.2, -0.15) is 0 Å². The van der Waals surface area contributed by atoms with Gasteiger partial charge < -0.3 is 10.5 Å². The Bertz CT molecular complexity index is 301. The smallest absolute Gasteiger partial charge is 0.128 e. The average Bonchev–Trinajstić information content (AvgIpc) is 2.01. The minimum absolute atomic E-state index is 0. The maximum atomic E-state index is 13.2. The Labute approximate surface area is 82.3 Å². The van der Waals surface area contributed by atoms with Crippen molar-refractivity contribution in [3.8, 4) is 0 Å². The first-order valence-electron chi connectivity index (χ1n) is 3.84. The summed E-state index contributed by atoms with van der Waals surface area (Å²) in [5.74, 6) is -0.247. The highest BCUT2D eigenvalue weighted by atomic mass is 35.5. The highest BCUT2D eigenvalue weighted by Crippen LogP contribution is 2.28. The van der Waals surface area contributed by atoms with Crippen LogP contribution in [0.15, 0.2) is 24.3 Å². The van der Waals surface area contributed by atoms with Crippen LogP contribution < -0.4 is 5.73 Å². The lowest BCUT2D eigenvalue weighted by Gasteiger charge is -2.38. The molecule has 0 unspecified atom stereocenters. The number of halogens is 2. The lowest BCUT2D eigenvalue weighted by molar-refractivity contribution is -0.0585. The van der Waals surface area contributed by atoms with Gasteiger partial charge in [0.2, 0.25) is 0 Å². The third-order valence-electron chi connectivity index (χ3n) is 2.13. The van der Waals surface area contributed by atoms with Crippen molar-refractivity contribution >= 4 is 12.4 Å². The van der Waals surface area contributed by atoms with Crippen LogP contribution in [0, 0.1) is 5.82 Å². The lowest BCUT2D eigenvalue weighted by atomic mass is 9.89. The molecule has 4 heteroatoms. The van der Waals surface area contributed by atoms with Crippen molar-refractivity contribution in [2.24, 2.45) is 5.73 Å². The van der Waals surface area contributed by atoms with Crippen LogP contribution in [0.5, 0.6) is 0 Å². The van der Waals surface area contributed by atoms with E-state index < -0.39 is 5.54 Å². The van der Waals surface area contributed by atoms with Crippen molar-refractivity contribution in [1.29, 1.82) is 0 Å². The molecule has 1 heterocycles. The van der Waals surface area contributed by atoms with Gasteiger partial charge in [0.1, 0.15) is 5.82 Å². The maximum absolute atomic E-state index is 13.2. The molecule has 0 aliphatic carbocycles. The molecule has 2 N–H and O–H groups in total. The molecule has 0 saturated carbocycles. The molecule has 1 aromatic carbocycles. The maximum Gasteiger partial charge on any atom is 0.128 e. The van der Waals surface area contributed by atoms with Gasteiger partial charge in [0.15, 0.2) is 0 Å². The third kappa shape index (κ3) is 1.68. The molecule has 72 valence electrons. The first kappa shape index (κ1) is 10.4. The SMILES string of the molecule is Cl.NC1(c2ccccc2F)COC1. The first-order chi connectivity index (χ1) is 5.72. The molecule has 2 nitrogen and oxygen atoms in total. The van der Waals surface area contributed by atoms with Crippen molar-refractivity contribution in [3.63, 3.8) is 0 Å². The van der Waals surface area contributed by atoms with Crippen molar-refractivity contribution < 1.29 is 9.13 Å². The van der Waals surface area contributed by atoms with Crippen LogP contribution in [-0.2, 0) is 10.3 Å². The molecular formula is C9H11ClFNO. The van der Waals surface area contributed by atoms with E-state index in [1.165, 1.54) is 6.07 Å². The van der Waals surface area contributed by atoms with E-state index in [1.54, 1.807) is 18.2 Å². The van der Waals surface area contributed by atoms with E-state index in [-0.39, 0.29) is 18.2 Å². The van der Waals surface area contributed by atoms with E-state index in [1.807, 2.05) is 0 Å². The predicted molar refractivity (Wildman–Crippen MR) is 50.3 cm³/mol. The minimum Gasteiger partial charge on any atom is -0.377 e. The topological polar surface area (TPSA) is 35.2 Å². The lowest BCUT2D eigenvalue weighted by Crippen LogP contribution is -2.54. The number of hydrogen-bond acceptors (Lipinski definition) is 2. The van der Waals surface area contributed by atoms with Gasteiger partial charge in [0, 0.05) is 5.56 Å². The summed E-state index contributed by atoms with van der Waals surface area (Å²) in [4.78, 5) is 0. The zero-order chi connectivity index (χ0) is 8.60. The predicted octanol–water partition coefficient (Wildman–Crippen LogP) is 1.43. The van der Waals surface area contributed by atoms with Crippen molar-refractivity contribution in [1.82, 2.24) is 0 Å². The van der Waals surface area contributed by atoms with Gasteiger partial charge in [-0.05, 0) is 6.07 Å². The Morgan fingerprint density at radius 3 is 2.38 bits per heavy atom. The van der Waals surface area contributed by atoms with Gasteiger partial charge >= 0.3 is 0 Å². The number of rotatable bonds is 1. The van der Waals surface area contributed by atoms with Crippen LogP contribution >= 0.6 is 12.4 Å². The molecule has 0 aromatic heterocycles. The Morgan fingerprint density at radius 1 is 1.31 bits per heavy atom. The molecular weight excluding hydrogens is 193 g/mol. The zero-order valence-electron chi connectivity index (χ0n) is 7.00. The minimum atomic E-state index is -0.592. The summed E-state index contributed by atoms with van der Waals surface area (Å²) in [5.41, 5.74) is 5.82. The highest BCUT2D eigenvalue weighted by Gasteiger charge is 2.37.